The molecule has 1 atom stereocenters. The van der Waals surface area contributed by atoms with Crippen molar-refractivity contribution in [1.82, 2.24) is 0 Å². The molecule has 1 unspecified atom stereocenters. The SMILES string of the molecule is CCC(=O)OC(C)C1(C)COC(c2ccccc2)OC1. The fourth-order valence-electron chi connectivity index (χ4n) is 2.08. The van der Waals surface area contributed by atoms with E-state index >= 15 is 0 Å². The quantitative estimate of drug-likeness (QED) is 0.794. The Kier molecular flexibility index (Phi) is 4.78. The molecular formula is C16H22O4. The molecule has 0 amide bonds. The first kappa shape index (κ1) is 15.0. The summed E-state index contributed by atoms with van der Waals surface area (Å²) in [7, 11) is 0. The third-order valence-electron chi connectivity index (χ3n) is 3.78. The number of carbonyl (C=O) groups excluding carboxylic acids is 1. The van der Waals surface area contributed by atoms with E-state index in [0.717, 1.165) is 5.56 Å². The van der Waals surface area contributed by atoms with Gasteiger partial charge >= 0.3 is 5.97 Å². The van der Waals surface area contributed by atoms with Crippen molar-refractivity contribution < 1.29 is 19.0 Å². The lowest BCUT2D eigenvalue weighted by Gasteiger charge is -2.40. The first-order valence-corrected chi connectivity index (χ1v) is 7.03. The maximum Gasteiger partial charge on any atom is 0.305 e. The second-order valence-electron chi connectivity index (χ2n) is 5.50. The minimum atomic E-state index is -0.335. The molecule has 1 saturated heterocycles. The molecule has 1 aromatic carbocycles. The van der Waals surface area contributed by atoms with Gasteiger partial charge in [0.2, 0.25) is 0 Å². The van der Waals surface area contributed by atoms with Gasteiger partial charge in [0.05, 0.1) is 18.6 Å². The van der Waals surface area contributed by atoms with Crippen LogP contribution in [0.15, 0.2) is 30.3 Å². The smallest absolute Gasteiger partial charge is 0.305 e. The van der Waals surface area contributed by atoms with Crippen LogP contribution in [0, 0.1) is 5.41 Å². The van der Waals surface area contributed by atoms with Gasteiger partial charge in [0.15, 0.2) is 6.29 Å². The van der Waals surface area contributed by atoms with E-state index in [1.807, 2.05) is 44.2 Å². The Morgan fingerprint density at radius 3 is 2.50 bits per heavy atom. The molecule has 4 heteroatoms. The molecule has 0 aromatic heterocycles. The average molecular weight is 278 g/mol. The Morgan fingerprint density at radius 1 is 1.35 bits per heavy atom. The van der Waals surface area contributed by atoms with Crippen molar-refractivity contribution in [2.45, 2.75) is 39.6 Å². The maximum atomic E-state index is 11.4. The molecule has 0 N–H and O–H groups in total. The molecule has 110 valence electrons. The zero-order chi connectivity index (χ0) is 14.6. The van der Waals surface area contributed by atoms with E-state index < -0.39 is 0 Å². The zero-order valence-corrected chi connectivity index (χ0v) is 12.3. The van der Waals surface area contributed by atoms with Gasteiger partial charge in [-0.25, -0.2) is 0 Å². The Hall–Kier alpha value is -1.39. The van der Waals surface area contributed by atoms with Gasteiger partial charge in [-0.15, -0.1) is 0 Å². The molecule has 1 fully saturated rings. The molecule has 1 aromatic rings. The van der Waals surface area contributed by atoms with Crippen LogP contribution in [-0.4, -0.2) is 25.3 Å². The van der Waals surface area contributed by atoms with Crippen molar-refractivity contribution in [3.63, 3.8) is 0 Å². The van der Waals surface area contributed by atoms with Crippen molar-refractivity contribution in [2.24, 2.45) is 5.41 Å². The summed E-state index contributed by atoms with van der Waals surface area (Å²) < 4.78 is 17.0. The van der Waals surface area contributed by atoms with Crippen molar-refractivity contribution in [1.29, 1.82) is 0 Å². The second kappa shape index (κ2) is 6.37. The van der Waals surface area contributed by atoms with Gasteiger partial charge in [-0.05, 0) is 6.92 Å². The monoisotopic (exact) mass is 278 g/mol. The molecule has 20 heavy (non-hydrogen) atoms. The van der Waals surface area contributed by atoms with E-state index in [1.54, 1.807) is 6.92 Å². The van der Waals surface area contributed by atoms with Gasteiger partial charge < -0.3 is 14.2 Å². The highest BCUT2D eigenvalue weighted by Gasteiger charge is 2.39. The molecule has 1 aliphatic heterocycles. The third kappa shape index (κ3) is 3.38. The molecule has 2 rings (SSSR count). The van der Waals surface area contributed by atoms with Gasteiger partial charge in [-0.2, -0.15) is 0 Å². The first-order valence-electron chi connectivity index (χ1n) is 7.03. The van der Waals surface area contributed by atoms with Crippen LogP contribution < -0.4 is 0 Å². The summed E-state index contributed by atoms with van der Waals surface area (Å²) in [6.45, 7) is 6.71. The van der Waals surface area contributed by atoms with Gasteiger partial charge in [0.25, 0.3) is 0 Å². The predicted octanol–water partition coefficient (Wildman–Crippen LogP) is 3.08. The van der Waals surface area contributed by atoms with Crippen molar-refractivity contribution in [3.05, 3.63) is 35.9 Å². The fraction of sp³-hybridized carbons (Fsp3) is 0.562. The van der Waals surface area contributed by atoms with E-state index in [2.05, 4.69) is 0 Å². The summed E-state index contributed by atoms with van der Waals surface area (Å²) in [6, 6.07) is 9.84. The molecule has 1 aliphatic rings. The lowest BCUT2D eigenvalue weighted by atomic mass is 9.86. The normalized spacial score (nSPS) is 27.9. The third-order valence-corrected chi connectivity index (χ3v) is 3.78. The number of rotatable bonds is 4. The summed E-state index contributed by atoms with van der Waals surface area (Å²) in [5.41, 5.74) is 0.698. The van der Waals surface area contributed by atoms with Crippen molar-refractivity contribution >= 4 is 5.97 Å². The highest BCUT2D eigenvalue weighted by atomic mass is 16.7. The molecule has 0 saturated carbocycles. The summed E-state index contributed by atoms with van der Waals surface area (Å²) in [5.74, 6) is -0.191. The second-order valence-corrected chi connectivity index (χ2v) is 5.50. The summed E-state index contributed by atoms with van der Waals surface area (Å²) in [5, 5.41) is 0. The fourth-order valence-corrected chi connectivity index (χ4v) is 2.08. The Labute approximate surface area is 120 Å². The maximum absolute atomic E-state index is 11.4. The first-order chi connectivity index (χ1) is 9.55. The topological polar surface area (TPSA) is 44.8 Å². The van der Waals surface area contributed by atoms with Crippen LogP contribution >= 0.6 is 0 Å². The lowest BCUT2D eigenvalue weighted by Crippen LogP contribution is -2.45. The van der Waals surface area contributed by atoms with Crippen molar-refractivity contribution in [2.75, 3.05) is 13.2 Å². The molecule has 4 nitrogen and oxygen atoms in total. The van der Waals surface area contributed by atoms with Crippen LogP contribution in [0.3, 0.4) is 0 Å². The highest BCUT2D eigenvalue weighted by Crippen LogP contribution is 2.35. The summed E-state index contributed by atoms with van der Waals surface area (Å²) in [6.07, 6.45) is -0.181. The summed E-state index contributed by atoms with van der Waals surface area (Å²) in [4.78, 5) is 11.4. The minimum Gasteiger partial charge on any atom is -0.462 e. The summed E-state index contributed by atoms with van der Waals surface area (Å²) >= 11 is 0. The van der Waals surface area contributed by atoms with E-state index in [0.29, 0.717) is 19.6 Å². The minimum absolute atomic E-state index is 0.191. The molecule has 0 spiro atoms. The molecule has 0 radical (unpaired) electrons. The molecule has 0 bridgehead atoms. The van der Waals surface area contributed by atoms with E-state index in [9.17, 15) is 4.79 Å². The predicted molar refractivity (Wildman–Crippen MR) is 75.0 cm³/mol. The van der Waals surface area contributed by atoms with Gasteiger partial charge in [-0.1, -0.05) is 44.2 Å². The molecule has 1 heterocycles. The van der Waals surface area contributed by atoms with Crippen LogP contribution in [0.25, 0.3) is 0 Å². The zero-order valence-electron chi connectivity index (χ0n) is 12.3. The number of ether oxygens (including phenoxy) is 3. The van der Waals surface area contributed by atoms with Crippen LogP contribution in [-0.2, 0) is 19.0 Å². The standard InChI is InChI=1S/C16H22O4/c1-4-14(17)20-12(2)16(3)10-18-15(19-11-16)13-8-6-5-7-9-13/h5-9,12,15H,4,10-11H2,1-3H3. The number of carbonyl (C=O) groups is 1. The number of hydrogen-bond acceptors (Lipinski definition) is 4. The largest absolute Gasteiger partial charge is 0.462 e. The van der Waals surface area contributed by atoms with Crippen LogP contribution in [0.5, 0.6) is 0 Å². The van der Waals surface area contributed by atoms with E-state index in [4.69, 9.17) is 14.2 Å². The lowest BCUT2D eigenvalue weighted by molar-refractivity contribution is -0.250. The van der Waals surface area contributed by atoms with Gasteiger partial charge in [0.1, 0.15) is 6.10 Å². The number of hydrogen-bond donors (Lipinski definition) is 0. The van der Waals surface area contributed by atoms with Crippen LogP contribution in [0.1, 0.15) is 39.0 Å². The van der Waals surface area contributed by atoms with Gasteiger partial charge in [-0.3, -0.25) is 4.79 Å². The van der Waals surface area contributed by atoms with Crippen molar-refractivity contribution in [3.8, 4) is 0 Å². The Balaban J connectivity index is 1.94. The average Bonchev–Trinajstić information content (AvgIpc) is 2.48. The molecular weight excluding hydrogens is 256 g/mol. The van der Waals surface area contributed by atoms with E-state index in [1.165, 1.54) is 0 Å². The Morgan fingerprint density at radius 2 is 1.95 bits per heavy atom. The van der Waals surface area contributed by atoms with E-state index in [-0.39, 0.29) is 23.8 Å². The Bertz CT molecular complexity index is 435. The number of benzene rings is 1. The van der Waals surface area contributed by atoms with Gasteiger partial charge in [0, 0.05) is 12.0 Å². The highest BCUT2D eigenvalue weighted by molar-refractivity contribution is 5.69. The number of esters is 1. The molecule has 0 aliphatic carbocycles. The van der Waals surface area contributed by atoms with Crippen LogP contribution in [0.2, 0.25) is 0 Å². The van der Waals surface area contributed by atoms with Crippen LogP contribution in [0.4, 0.5) is 0 Å².